The lowest BCUT2D eigenvalue weighted by Crippen LogP contribution is -2.39. The van der Waals surface area contributed by atoms with Gasteiger partial charge in [-0.2, -0.15) is 0 Å². The monoisotopic (exact) mass is 719 g/mol. The van der Waals surface area contributed by atoms with E-state index in [1.165, 1.54) is 54.7 Å². The highest BCUT2D eigenvalue weighted by Crippen LogP contribution is 2.43. The highest BCUT2D eigenvalue weighted by molar-refractivity contribution is 6.26. The molecule has 5 nitrogen and oxygen atoms in total. The molecular weight excluding hydrogens is 683 g/mol. The smallest absolute Gasteiger partial charge is 0.150 e. The van der Waals surface area contributed by atoms with Gasteiger partial charge in [-0.05, 0) is 54.0 Å². The first-order valence-electron chi connectivity index (χ1n) is 19.3. The van der Waals surface area contributed by atoms with Gasteiger partial charge >= 0.3 is 0 Å². The van der Waals surface area contributed by atoms with Crippen LogP contribution in [0.4, 0.5) is 0 Å². The number of amidine groups is 2. The summed E-state index contributed by atoms with van der Waals surface area (Å²) < 4.78 is 4.91. The van der Waals surface area contributed by atoms with Crippen molar-refractivity contribution in [2.45, 2.75) is 12.6 Å². The topological polar surface area (TPSA) is 46.6 Å². The zero-order chi connectivity index (χ0) is 37.0. The van der Waals surface area contributed by atoms with Gasteiger partial charge in [0.05, 0.1) is 22.1 Å². The molecule has 0 radical (unpaired) electrons. The molecule has 1 atom stereocenters. The maximum Gasteiger partial charge on any atom is 0.150 e. The van der Waals surface area contributed by atoms with Gasteiger partial charge in [-0.3, -0.25) is 0 Å². The number of rotatable bonds is 6. The van der Waals surface area contributed by atoms with Crippen molar-refractivity contribution in [3.63, 3.8) is 0 Å². The lowest BCUT2D eigenvalue weighted by molar-refractivity contribution is 0.517. The Bertz CT molecular complexity index is 3020. The van der Waals surface area contributed by atoms with Crippen LogP contribution >= 0.6 is 0 Å². The lowest BCUT2D eigenvalue weighted by atomic mass is 9.95. The number of aliphatic imine (C=N–C) groups is 2. The van der Waals surface area contributed by atoms with Gasteiger partial charge in [0.2, 0.25) is 0 Å². The highest BCUT2D eigenvalue weighted by Gasteiger charge is 2.27. The second-order valence-electron chi connectivity index (χ2n) is 14.6. The number of para-hydroxylation sites is 2. The van der Waals surface area contributed by atoms with Crippen molar-refractivity contribution in [1.82, 2.24) is 14.5 Å². The van der Waals surface area contributed by atoms with Crippen molar-refractivity contribution >= 4 is 61.0 Å². The van der Waals surface area contributed by atoms with Crippen LogP contribution in [0.25, 0.3) is 66.1 Å². The molecule has 0 amide bonds. The van der Waals surface area contributed by atoms with Gasteiger partial charge in [0.25, 0.3) is 0 Å². The first-order chi connectivity index (χ1) is 27.8. The molecule has 1 unspecified atom stereocenters. The standard InChI is InChI=1S/C51H37N5/c1-4-15-34(16-5-1)38-21-14-22-40(33-38)55-45-26-13-11-24-43(45)47-46(55)32-31-42-41-23-10-12-25-44(41)56(48(42)47)39-29-27-37(28-30-39)51-53-49(35-17-6-2-7-18-35)52-50(54-51)36-19-8-3-9-20-36/h1-27,29-33,37,51H,28H2,(H,52,53,54). The molecule has 2 aromatic heterocycles. The summed E-state index contributed by atoms with van der Waals surface area (Å²) in [6, 6.07) is 62.5. The van der Waals surface area contributed by atoms with E-state index in [4.69, 9.17) is 9.98 Å². The molecule has 0 saturated heterocycles. The summed E-state index contributed by atoms with van der Waals surface area (Å²) in [6.07, 6.45) is 7.55. The predicted molar refractivity (Wildman–Crippen MR) is 234 cm³/mol. The Morgan fingerprint density at radius 1 is 0.482 bits per heavy atom. The lowest BCUT2D eigenvalue weighted by Gasteiger charge is -2.27. The van der Waals surface area contributed by atoms with Gasteiger partial charge in [0.1, 0.15) is 11.7 Å². The van der Waals surface area contributed by atoms with Crippen molar-refractivity contribution < 1.29 is 0 Å². The molecule has 1 aliphatic heterocycles. The van der Waals surface area contributed by atoms with Crippen molar-refractivity contribution in [2.75, 3.05) is 0 Å². The number of aromatic nitrogens is 2. The first kappa shape index (κ1) is 32.2. The molecule has 0 spiro atoms. The third-order valence-corrected chi connectivity index (χ3v) is 11.3. The van der Waals surface area contributed by atoms with E-state index in [-0.39, 0.29) is 12.1 Å². The van der Waals surface area contributed by atoms with Crippen LogP contribution in [0, 0.1) is 5.92 Å². The minimum absolute atomic E-state index is 0.102. The normalized spacial score (nSPS) is 15.9. The Morgan fingerprint density at radius 2 is 1.07 bits per heavy atom. The Kier molecular flexibility index (Phi) is 7.62. The molecule has 0 saturated carbocycles. The summed E-state index contributed by atoms with van der Waals surface area (Å²) in [5, 5.41) is 8.52. The average Bonchev–Trinajstić information content (AvgIpc) is 3.80. The van der Waals surface area contributed by atoms with E-state index in [0.29, 0.717) is 0 Å². The van der Waals surface area contributed by atoms with Gasteiger partial charge in [-0.25, -0.2) is 9.98 Å². The van der Waals surface area contributed by atoms with Crippen LogP contribution in [0.15, 0.2) is 204 Å². The van der Waals surface area contributed by atoms with Gasteiger partial charge < -0.3 is 14.5 Å². The second kappa shape index (κ2) is 13.3. The Balaban J connectivity index is 1.06. The van der Waals surface area contributed by atoms with E-state index in [9.17, 15) is 0 Å². The Hall–Kier alpha value is -7.24. The maximum absolute atomic E-state index is 5.20. The number of nitrogens with one attached hydrogen (secondary N) is 1. The summed E-state index contributed by atoms with van der Waals surface area (Å²) in [5.41, 5.74) is 11.6. The molecule has 5 heteroatoms. The molecule has 266 valence electrons. The van der Waals surface area contributed by atoms with Crippen LogP contribution in [-0.4, -0.2) is 27.0 Å². The van der Waals surface area contributed by atoms with E-state index < -0.39 is 0 Å². The van der Waals surface area contributed by atoms with Crippen LogP contribution in [0.2, 0.25) is 0 Å². The van der Waals surface area contributed by atoms with Gasteiger partial charge in [-0.15, -0.1) is 0 Å². The van der Waals surface area contributed by atoms with Crippen molar-refractivity contribution in [2.24, 2.45) is 15.9 Å². The van der Waals surface area contributed by atoms with E-state index in [2.05, 4.69) is 196 Å². The van der Waals surface area contributed by atoms with E-state index >= 15 is 0 Å². The fourth-order valence-electron chi connectivity index (χ4n) is 8.67. The predicted octanol–water partition coefficient (Wildman–Crippen LogP) is 11.8. The third kappa shape index (κ3) is 5.31. The third-order valence-electron chi connectivity index (χ3n) is 11.3. The fourth-order valence-corrected chi connectivity index (χ4v) is 8.67. The van der Waals surface area contributed by atoms with E-state index in [1.54, 1.807) is 0 Å². The minimum atomic E-state index is -0.259. The van der Waals surface area contributed by atoms with Crippen molar-refractivity contribution in [3.05, 3.63) is 205 Å². The highest BCUT2D eigenvalue weighted by atomic mass is 15.2. The molecular formula is C51H37N5. The molecule has 1 aliphatic carbocycles. The summed E-state index contributed by atoms with van der Waals surface area (Å²) in [7, 11) is 0. The minimum Gasteiger partial charge on any atom is -0.324 e. The van der Waals surface area contributed by atoms with Crippen LogP contribution < -0.4 is 5.32 Å². The molecule has 2 aliphatic rings. The fraction of sp³-hybridized carbons (Fsp3) is 0.0588. The second-order valence-corrected chi connectivity index (χ2v) is 14.6. The van der Waals surface area contributed by atoms with Gasteiger partial charge in [0.15, 0.2) is 6.17 Å². The summed E-state index contributed by atoms with van der Waals surface area (Å²) >= 11 is 0. The van der Waals surface area contributed by atoms with Crippen molar-refractivity contribution in [3.8, 4) is 16.8 Å². The zero-order valence-electron chi connectivity index (χ0n) is 30.6. The maximum atomic E-state index is 5.20. The zero-order valence-corrected chi connectivity index (χ0v) is 30.6. The van der Waals surface area contributed by atoms with E-state index in [1.807, 2.05) is 12.1 Å². The van der Waals surface area contributed by atoms with Crippen LogP contribution in [0.5, 0.6) is 0 Å². The number of hydrogen-bond acceptors (Lipinski definition) is 3. The molecule has 0 bridgehead atoms. The summed E-state index contributed by atoms with van der Waals surface area (Å²) in [4.78, 5) is 10.4. The molecule has 11 rings (SSSR count). The number of benzene rings is 7. The summed E-state index contributed by atoms with van der Waals surface area (Å²) in [5.74, 6) is 1.80. The number of nitrogens with zero attached hydrogens (tertiary/aromatic N) is 4. The Morgan fingerprint density at radius 3 is 1.73 bits per heavy atom. The van der Waals surface area contributed by atoms with Crippen LogP contribution in [-0.2, 0) is 0 Å². The SMILES string of the molecule is C1=CC(C2N=C(c3ccccc3)NC(c3ccccc3)=N2)CC=C1n1c2ccccc2c2ccc3c(c4ccccc4n3-c3cccc(-c4ccccc4)c3)c21. The van der Waals surface area contributed by atoms with Gasteiger partial charge in [-0.1, -0.05) is 158 Å². The van der Waals surface area contributed by atoms with Crippen LogP contribution in [0.3, 0.4) is 0 Å². The largest absolute Gasteiger partial charge is 0.324 e. The molecule has 0 fully saturated rings. The Labute approximate surface area is 324 Å². The molecule has 7 aromatic carbocycles. The molecule has 1 N–H and O–H groups in total. The van der Waals surface area contributed by atoms with E-state index in [0.717, 1.165) is 40.6 Å². The number of fused-ring (bicyclic) bond motifs is 7. The van der Waals surface area contributed by atoms with Crippen LogP contribution in [0.1, 0.15) is 17.5 Å². The summed E-state index contributed by atoms with van der Waals surface area (Å²) in [6.45, 7) is 0. The molecule has 3 heterocycles. The molecule has 9 aromatic rings. The first-order valence-corrected chi connectivity index (χ1v) is 19.3. The number of hydrogen-bond donors (Lipinski definition) is 1. The quantitative estimate of drug-likeness (QED) is 0.183. The van der Waals surface area contributed by atoms with Crippen molar-refractivity contribution in [1.29, 1.82) is 0 Å². The molecule has 56 heavy (non-hydrogen) atoms. The van der Waals surface area contributed by atoms with Gasteiger partial charge in [0, 0.05) is 50.0 Å². The average molecular weight is 720 g/mol. The number of allylic oxidation sites excluding steroid dienone is 3.